The smallest absolute Gasteiger partial charge is 0.370 e. The van der Waals surface area contributed by atoms with Crippen LogP contribution in [0.25, 0.3) is 0 Å². The van der Waals surface area contributed by atoms with Gasteiger partial charge in [0.05, 0.1) is 0 Å². The van der Waals surface area contributed by atoms with Crippen molar-refractivity contribution in [2.45, 2.75) is 18.9 Å². The van der Waals surface area contributed by atoms with Gasteiger partial charge in [-0.1, -0.05) is 0 Å². The molecule has 1 saturated carbocycles. The Labute approximate surface area is 63.9 Å². The number of amides is 2. The van der Waals surface area contributed by atoms with Crippen molar-refractivity contribution in [3.63, 3.8) is 0 Å². The van der Waals surface area contributed by atoms with Crippen molar-refractivity contribution in [1.29, 1.82) is 0 Å². The molecule has 1 fully saturated rings. The van der Waals surface area contributed by atoms with Crippen LogP contribution < -0.4 is 5.32 Å². The molecule has 0 unspecified atom stereocenters. The second kappa shape index (κ2) is 2.38. The van der Waals surface area contributed by atoms with Gasteiger partial charge in [-0.3, -0.25) is 0 Å². The first-order valence-electron chi connectivity index (χ1n) is 3.51. The van der Waals surface area contributed by atoms with Crippen LogP contribution in [-0.2, 0) is 4.74 Å². The molecule has 0 saturated heterocycles. The van der Waals surface area contributed by atoms with Crippen LogP contribution in [0.1, 0.15) is 12.8 Å². The SMILES string of the molecule is O=C1[N]C=CC(OC2CC2)=N1. The highest BCUT2D eigenvalue weighted by Gasteiger charge is 2.25. The molecule has 0 aromatic heterocycles. The van der Waals surface area contributed by atoms with E-state index in [1.807, 2.05) is 0 Å². The first-order chi connectivity index (χ1) is 5.34. The minimum absolute atomic E-state index is 0.282. The summed E-state index contributed by atoms with van der Waals surface area (Å²) in [7, 11) is 0. The van der Waals surface area contributed by atoms with E-state index in [0.717, 1.165) is 12.8 Å². The fraction of sp³-hybridized carbons (Fsp3) is 0.429. The largest absolute Gasteiger partial charge is 0.474 e. The van der Waals surface area contributed by atoms with Crippen molar-refractivity contribution < 1.29 is 9.53 Å². The summed E-state index contributed by atoms with van der Waals surface area (Å²) in [6, 6.07) is -0.483. The highest BCUT2D eigenvalue weighted by atomic mass is 16.5. The summed E-state index contributed by atoms with van der Waals surface area (Å²) >= 11 is 0. The molecule has 0 aromatic rings. The van der Waals surface area contributed by atoms with E-state index in [1.54, 1.807) is 6.08 Å². The number of hydrogen-bond acceptors (Lipinski definition) is 2. The molecular formula is C7H7N2O2. The van der Waals surface area contributed by atoms with Crippen molar-refractivity contribution in [3.05, 3.63) is 12.3 Å². The highest BCUT2D eigenvalue weighted by Crippen LogP contribution is 2.24. The van der Waals surface area contributed by atoms with Gasteiger partial charge in [-0.25, -0.2) is 4.79 Å². The molecule has 4 heteroatoms. The molecule has 2 aliphatic rings. The molecular weight excluding hydrogens is 144 g/mol. The predicted octanol–water partition coefficient (Wildman–Crippen LogP) is 0.816. The van der Waals surface area contributed by atoms with E-state index in [0.29, 0.717) is 5.90 Å². The average Bonchev–Trinajstić information content (AvgIpc) is 2.71. The van der Waals surface area contributed by atoms with Crippen LogP contribution in [0.2, 0.25) is 0 Å². The molecule has 2 amide bonds. The van der Waals surface area contributed by atoms with Gasteiger partial charge in [0.2, 0.25) is 5.90 Å². The molecule has 1 heterocycles. The van der Waals surface area contributed by atoms with Gasteiger partial charge in [-0.05, 0) is 12.8 Å². The Bertz CT molecular complexity index is 241. The van der Waals surface area contributed by atoms with Crippen molar-refractivity contribution in [2.75, 3.05) is 0 Å². The van der Waals surface area contributed by atoms with Gasteiger partial charge in [0.1, 0.15) is 6.10 Å². The van der Waals surface area contributed by atoms with Crippen LogP contribution >= 0.6 is 0 Å². The van der Waals surface area contributed by atoms with Crippen LogP contribution in [0.15, 0.2) is 17.3 Å². The zero-order valence-corrected chi connectivity index (χ0v) is 5.86. The summed E-state index contributed by atoms with van der Waals surface area (Å²) in [6.45, 7) is 0. The summed E-state index contributed by atoms with van der Waals surface area (Å²) in [5.74, 6) is 0.396. The second-order valence-corrected chi connectivity index (χ2v) is 2.49. The van der Waals surface area contributed by atoms with Gasteiger partial charge in [-0.15, -0.1) is 0 Å². The number of nitrogens with zero attached hydrogens (tertiary/aromatic N) is 2. The van der Waals surface area contributed by atoms with Crippen molar-refractivity contribution >= 4 is 11.9 Å². The van der Waals surface area contributed by atoms with E-state index in [9.17, 15) is 4.79 Å². The Hall–Kier alpha value is -1.32. The molecule has 1 aliphatic heterocycles. The monoisotopic (exact) mass is 151 g/mol. The predicted molar refractivity (Wildman–Crippen MR) is 38.2 cm³/mol. The van der Waals surface area contributed by atoms with Gasteiger partial charge < -0.3 is 4.74 Å². The molecule has 0 N–H and O–H groups in total. The summed E-state index contributed by atoms with van der Waals surface area (Å²) in [6.07, 6.45) is 5.42. The van der Waals surface area contributed by atoms with Gasteiger partial charge in [0, 0.05) is 12.3 Å². The van der Waals surface area contributed by atoms with Crippen molar-refractivity contribution in [3.8, 4) is 0 Å². The van der Waals surface area contributed by atoms with Crippen molar-refractivity contribution in [2.24, 2.45) is 4.99 Å². The number of ether oxygens (including phenoxy) is 1. The zero-order chi connectivity index (χ0) is 7.68. The molecule has 57 valence electrons. The van der Waals surface area contributed by atoms with E-state index in [4.69, 9.17) is 4.74 Å². The Morgan fingerprint density at radius 2 is 2.36 bits per heavy atom. The lowest BCUT2D eigenvalue weighted by molar-refractivity contribution is 0.247. The third-order valence-electron chi connectivity index (χ3n) is 1.42. The van der Waals surface area contributed by atoms with Gasteiger partial charge in [0.25, 0.3) is 0 Å². The fourth-order valence-corrected chi connectivity index (χ4v) is 0.747. The molecule has 0 atom stereocenters. The molecule has 0 spiro atoms. The summed E-state index contributed by atoms with van der Waals surface area (Å²) in [4.78, 5) is 14.2. The summed E-state index contributed by atoms with van der Waals surface area (Å²) in [5.41, 5.74) is 0. The summed E-state index contributed by atoms with van der Waals surface area (Å²) in [5, 5.41) is 3.42. The minimum Gasteiger partial charge on any atom is -0.474 e. The molecule has 1 radical (unpaired) electrons. The van der Waals surface area contributed by atoms with E-state index >= 15 is 0 Å². The van der Waals surface area contributed by atoms with E-state index in [2.05, 4.69) is 10.3 Å². The topological polar surface area (TPSA) is 52.8 Å². The third kappa shape index (κ3) is 1.58. The average molecular weight is 151 g/mol. The molecule has 4 nitrogen and oxygen atoms in total. The van der Waals surface area contributed by atoms with Gasteiger partial charge in [-0.2, -0.15) is 10.3 Å². The van der Waals surface area contributed by atoms with Crippen molar-refractivity contribution in [1.82, 2.24) is 5.32 Å². The minimum atomic E-state index is -0.483. The first-order valence-corrected chi connectivity index (χ1v) is 3.51. The quantitative estimate of drug-likeness (QED) is 0.557. The Kier molecular flexibility index (Phi) is 1.38. The third-order valence-corrected chi connectivity index (χ3v) is 1.42. The summed E-state index contributed by atoms with van der Waals surface area (Å²) < 4.78 is 5.26. The van der Waals surface area contributed by atoms with Crippen LogP contribution in [0.3, 0.4) is 0 Å². The van der Waals surface area contributed by atoms with E-state index in [1.165, 1.54) is 6.20 Å². The maximum atomic E-state index is 10.6. The Morgan fingerprint density at radius 3 is 3.00 bits per heavy atom. The van der Waals surface area contributed by atoms with Crippen LogP contribution in [0.5, 0.6) is 0 Å². The van der Waals surface area contributed by atoms with Crippen LogP contribution in [-0.4, -0.2) is 18.0 Å². The maximum Gasteiger partial charge on any atom is 0.370 e. The number of urea groups is 1. The fourth-order valence-electron chi connectivity index (χ4n) is 0.747. The molecule has 0 bridgehead atoms. The molecule has 2 rings (SSSR count). The normalized spacial score (nSPS) is 22.5. The lowest BCUT2D eigenvalue weighted by atomic mass is 10.5. The van der Waals surface area contributed by atoms with E-state index in [-0.39, 0.29) is 6.10 Å². The lowest BCUT2D eigenvalue weighted by Gasteiger charge is -2.05. The molecule has 0 aromatic carbocycles. The Balaban J connectivity index is 1.99. The van der Waals surface area contributed by atoms with E-state index < -0.39 is 6.03 Å². The Morgan fingerprint density at radius 1 is 1.55 bits per heavy atom. The second-order valence-electron chi connectivity index (χ2n) is 2.49. The number of rotatable bonds is 1. The van der Waals surface area contributed by atoms with Gasteiger partial charge >= 0.3 is 6.03 Å². The highest BCUT2D eigenvalue weighted by molar-refractivity contribution is 5.99. The van der Waals surface area contributed by atoms with Gasteiger partial charge in [0.15, 0.2) is 0 Å². The standard InChI is InChI=1S/C7H7N2O2/c10-7-8-4-3-6(9-7)11-5-1-2-5/h3-5H,1-2H2. The lowest BCUT2D eigenvalue weighted by Crippen LogP contribution is -2.15. The molecule has 1 aliphatic carbocycles. The first kappa shape index (κ1) is 6.39. The number of carbonyl (C=O) groups is 1. The number of aliphatic imine (C=N–C) groups is 1. The number of carbonyl (C=O) groups excluding carboxylic acids is 1. The number of hydrogen-bond donors (Lipinski definition) is 0. The zero-order valence-electron chi connectivity index (χ0n) is 5.86. The molecule has 11 heavy (non-hydrogen) atoms. The van der Waals surface area contributed by atoms with Crippen LogP contribution in [0.4, 0.5) is 4.79 Å². The maximum absolute atomic E-state index is 10.6. The van der Waals surface area contributed by atoms with Crippen LogP contribution in [0, 0.1) is 0 Å².